The maximum Gasteiger partial charge on any atom is 0.328 e. The largest absolute Gasteiger partial charge is 0.439 e. The SMILES string of the molecule is O=c1ccn(Cc2ccc(Oc3ccccn3)cc2)c(=O)[nH]1. The minimum Gasteiger partial charge on any atom is -0.439 e. The average molecular weight is 295 g/mol. The Bertz CT molecular complexity index is 867. The number of aromatic nitrogens is 3. The third kappa shape index (κ3) is 3.29. The number of hydrogen-bond donors (Lipinski definition) is 1. The zero-order chi connectivity index (χ0) is 15.4. The van der Waals surface area contributed by atoms with Gasteiger partial charge in [-0.15, -0.1) is 0 Å². The highest BCUT2D eigenvalue weighted by molar-refractivity contribution is 5.30. The van der Waals surface area contributed by atoms with Gasteiger partial charge in [0.15, 0.2) is 0 Å². The molecule has 6 nitrogen and oxygen atoms in total. The maximum absolute atomic E-state index is 11.6. The third-order valence-electron chi connectivity index (χ3n) is 3.03. The Morgan fingerprint density at radius 2 is 1.86 bits per heavy atom. The summed E-state index contributed by atoms with van der Waals surface area (Å²) in [5.74, 6) is 1.18. The van der Waals surface area contributed by atoms with Gasteiger partial charge in [0, 0.05) is 24.5 Å². The highest BCUT2D eigenvalue weighted by Crippen LogP contribution is 2.19. The van der Waals surface area contributed by atoms with Crippen molar-refractivity contribution in [3.63, 3.8) is 0 Å². The molecule has 1 aromatic carbocycles. The first-order valence-electron chi connectivity index (χ1n) is 6.68. The highest BCUT2D eigenvalue weighted by atomic mass is 16.5. The molecule has 3 rings (SSSR count). The number of pyridine rings is 1. The minimum absolute atomic E-state index is 0.374. The Morgan fingerprint density at radius 1 is 1.05 bits per heavy atom. The van der Waals surface area contributed by atoms with Crippen LogP contribution in [-0.4, -0.2) is 14.5 Å². The van der Waals surface area contributed by atoms with Crippen LogP contribution in [0.5, 0.6) is 11.6 Å². The third-order valence-corrected chi connectivity index (χ3v) is 3.03. The maximum atomic E-state index is 11.6. The Morgan fingerprint density at radius 3 is 2.55 bits per heavy atom. The van der Waals surface area contributed by atoms with E-state index >= 15 is 0 Å². The number of nitrogens with zero attached hydrogens (tertiary/aromatic N) is 2. The summed E-state index contributed by atoms with van der Waals surface area (Å²) in [5, 5.41) is 0. The van der Waals surface area contributed by atoms with Crippen molar-refractivity contribution in [2.24, 2.45) is 0 Å². The zero-order valence-corrected chi connectivity index (χ0v) is 11.6. The fourth-order valence-corrected chi connectivity index (χ4v) is 1.96. The van der Waals surface area contributed by atoms with E-state index in [0.717, 1.165) is 5.56 Å². The Labute approximate surface area is 125 Å². The van der Waals surface area contributed by atoms with Crippen molar-refractivity contribution in [3.05, 3.63) is 87.3 Å². The smallest absolute Gasteiger partial charge is 0.328 e. The van der Waals surface area contributed by atoms with Crippen LogP contribution in [0.2, 0.25) is 0 Å². The molecule has 110 valence electrons. The number of rotatable bonds is 4. The van der Waals surface area contributed by atoms with E-state index in [2.05, 4.69) is 9.97 Å². The number of H-pyrrole nitrogens is 1. The van der Waals surface area contributed by atoms with Crippen LogP contribution in [0, 0.1) is 0 Å². The van der Waals surface area contributed by atoms with Crippen LogP contribution in [0.15, 0.2) is 70.5 Å². The summed E-state index contributed by atoms with van der Waals surface area (Å²) in [6.07, 6.45) is 3.13. The molecule has 1 N–H and O–H groups in total. The van der Waals surface area contributed by atoms with Crippen LogP contribution in [0.3, 0.4) is 0 Å². The van der Waals surface area contributed by atoms with Crippen LogP contribution in [0.1, 0.15) is 5.56 Å². The van der Waals surface area contributed by atoms with Gasteiger partial charge in [-0.2, -0.15) is 0 Å². The molecule has 6 heteroatoms. The summed E-state index contributed by atoms with van der Waals surface area (Å²) in [6.45, 7) is 0.374. The first-order chi connectivity index (χ1) is 10.7. The van der Waals surface area contributed by atoms with Gasteiger partial charge in [-0.1, -0.05) is 18.2 Å². The van der Waals surface area contributed by atoms with E-state index in [4.69, 9.17) is 4.74 Å². The van der Waals surface area contributed by atoms with Gasteiger partial charge in [-0.3, -0.25) is 14.3 Å². The zero-order valence-electron chi connectivity index (χ0n) is 11.6. The number of ether oxygens (including phenoxy) is 1. The summed E-state index contributed by atoms with van der Waals surface area (Å²) in [6, 6.07) is 14.1. The molecular formula is C16H13N3O3. The molecule has 22 heavy (non-hydrogen) atoms. The Balaban J connectivity index is 1.74. The lowest BCUT2D eigenvalue weighted by atomic mass is 10.2. The Kier molecular flexibility index (Phi) is 3.82. The molecule has 0 aliphatic carbocycles. The van der Waals surface area contributed by atoms with Crippen molar-refractivity contribution >= 4 is 0 Å². The highest BCUT2D eigenvalue weighted by Gasteiger charge is 2.01. The lowest BCUT2D eigenvalue weighted by molar-refractivity contribution is 0.462. The van der Waals surface area contributed by atoms with Gasteiger partial charge in [-0.05, 0) is 23.8 Å². The molecule has 0 amide bonds. The predicted molar refractivity (Wildman–Crippen MR) is 81.2 cm³/mol. The lowest BCUT2D eigenvalue weighted by Gasteiger charge is -2.07. The van der Waals surface area contributed by atoms with Crippen LogP contribution >= 0.6 is 0 Å². The molecular weight excluding hydrogens is 282 g/mol. The van der Waals surface area contributed by atoms with Crippen molar-refractivity contribution in [2.75, 3.05) is 0 Å². The molecule has 0 unspecified atom stereocenters. The van der Waals surface area contributed by atoms with E-state index in [1.54, 1.807) is 24.4 Å². The molecule has 0 saturated carbocycles. The van der Waals surface area contributed by atoms with Crippen LogP contribution in [0.25, 0.3) is 0 Å². The van der Waals surface area contributed by atoms with Crippen molar-refractivity contribution < 1.29 is 4.74 Å². The quantitative estimate of drug-likeness (QED) is 0.796. The summed E-state index contributed by atoms with van der Waals surface area (Å²) in [4.78, 5) is 29.0. The molecule has 0 aliphatic rings. The van der Waals surface area contributed by atoms with E-state index < -0.39 is 11.2 Å². The van der Waals surface area contributed by atoms with Gasteiger partial charge >= 0.3 is 5.69 Å². The van der Waals surface area contributed by atoms with Crippen molar-refractivity contribution in [1.82, 2.24) is 14.5 Å². The van der Waals surface area contributed by atoms with Gasteiger partial charge in [0.25, 0.3) is 5.56 Å². The van der Waals surface area contributed by atoms with Gasteiger partial charge in [0.05, 0.1) is 6.54 Å². The molecule has 2 aromatic heterocycles. The van der Waals surface area contributed by atoms with E-state index in [0.29, 0.717) is 18.2 Å². The van der Waals surface area contributed by atoms with Crippen molar-refractivity contribution in [3.8, 4) is 11.6 Å². The summed E-state index contributed by atoms with van der Waals surface area (Å²) in [7, 11) is 0. The van der Waals surface area contributed by atoms with Gasteiger partial charge < -0.3 is 4.74 Å². The molecule has 0 fully saturated rings. The van der Waals surface area contributed by atoms with Gasteiger partial charge in [-0.25, -0.2) is 9.78 Å². The summed E-state index contributed by atoms with van der Waals surface area (Å²) < 4.78 is 7.02. The van der Waals surface area contributed by atoms with Gasteiger partial charge in [0.2, 0.25) is 5.88 Å². The standard InChI is InChI=1S/C16H13N3O3/c20-14-8-10-19(16(21)18-14)11-12-4-6-13(7-5-12)22-15-3-1-2-9-17-15/h1-10H,11H2,(H,18,20,21). The minimum atomic E-state index is -0.429. The second kappa shape index (κ2) is 6.09. The van der Waals surface area contributed by atoms with Crippen molar-refractivity contribution in [1.29, 1.82) is 0 Å². The second-order valence-electron chi connectivity index (χ2n) is 4.65. The van der Waals surface area contributed by atoms with E-state index in [9.17, 15) is 9.59 Å². The molecule has 3 aromatic rings. The number of benzene rings is 1. The molecule has 0 spiro atoms. The van der Waals surface area contributed by atoms with E-state index in [-0.39, 0.29) is 0 Å². The first kappa shape index (κ1) is 13.8. The lowest BCUT2D eigenvalue weighted by Crippen LogP contribution is -2.28. The fraction of sp³-hybridized carbons (Fsp3) is 0.0625. The van der Waals surface area contributed by atoms with E-state index in [1.165, 1.54) is 16.8 Å². The van der Waals surface area contributed by atoms with Crippen LogP contribution < -0.4 is 16.0 Å². The summed E-state index contributed by atoms with van der Waals surface area (Å²) >= 11 is 0. The number of hydrogen-bond acceptors (Lipinski definition) is 4. The van der Waals surface area contributed by atoms with Crippen molar-refractivity contribution in [2.45, 2.75) is 6.54 Å². The number of nitrogens with one attached hydrogen (secondary N) is 1. The molecule has 2 heterocycles. The Hall–Kier alpha value is -3.15. The molecule has 0 bridgehead atoms. The number of aromatic amines is 1. The second-order valence-corrected chi connectivity index (χ2v) is 4.65. The average Bonchev–Trinajstić information content (AvgIpc) is 2.53. The first-order valence-corrected chi connectivity index (χ1v) is 6.68. The normalized spacial score (nSPS) is 10.4. The predicted octanol–water partition coefficient (Wildman–Crippen LogP) is 1.77. The molecule has 0 saturated heterocycles. The van der Waals surface area contributed by atoms with Crippen LogP contribution in [0.4, 0.5) is 0 Å². The summed E-state index contributed by atoms with van der Waals surface area (Å²) in [5.41, 5.74) is 0.0872. The molecule has 0 aliphatic heterocycles. The van der Waals surface area contributed by atoms with Crippen LogP contribution in [-0.2, 0) is 6.54 Å². The molecule has 0 atom stereocenters. The monoisotopic (exact) mass is 295 g/mol. The van der Waals surface area contributed by atoms with E-state index in [1.807, 2.05) is 24.3 Å². The fourth-order valence-electron chi connectivity index (χ4n) is 1.96. The molecule has 0 radical (unpaired) electrons. The topological polar surface area (TPSA) is 77.0 Å². The van der Waals surface area contributed by atoms with Gasteiger partial charge in [0.1, 0.15) is 5.75 Å².